The molecular weight excluding hydrogens is 306 g/mol. The molecule has 0 aromatic heterocycles. The molecule has 138 valence electrons. The van der Waals surface area contributed by atoms with Gasteiger partial charge in [0.15, 0.2) is 25.5 Å². The van der Waals surface area contributed by atoms with Gasteiger partial charge in [-0.25, -0.2) is 0 Å². The van der Waals surface area contributed by atoms with Crippen LogP contribution in [-0.4, -0.2) is 46.4 Å². The van der Waals surface area contributed by atoms with Gasteiger partial charge in [-0.1, -0.05) is 13.0 Å². The van der Waals surface area contributed by atoms with Gasteiger partial charge in [-0.15, -0.1) is 14.9 Å². The SMILES string of the molecule is C=C=CC1(C)C=C[N+]2=C(C(C)C(C)(C)NCCCCCC2)[N+](CC)=C1. The van der Waals surface area contributed by atoms with Gasteiger partial charge in [0.1, 0.15) is 5.92 Å². The summed E-state index contributed by atoms with van der Waals surface area (Å²) in [6.07, 6.45) is 14.1. The summed E-state index contributed by atoms with van der Waals surface area (Å²) >= 11 is 0. The van der Waals surface area contributed by atoms with Gasteiger partial charge in [-0.05, 0) is 66.2 Å². The van der Waals surface area contributed by atoms with Gasteiger partial charge in [0.2, 0.25) is 0 Å². The highest BCUT2D eigenvalue weighted by Crippen LogP contribution is 2.24. The summed E-state index contributed by atoms with van der Waals surface area (Å²) in [7, 11) is 0. The molecule has 0 saturated carbocycles. The fourth-order valence-corrected chi connectivity index (χ4v) is 3.83. The van der Waals surface area contributed by atoms with E-state index in [2.05, 4.69) is 86.0 Å². The molecule has 0 spiro atoms. The average Bonchev–Trinajstić information content (AvgIpc) is 2.70. The van der Waals surface area contributed by atoms with Crippen molar-refractivity contribution >= 4 is 12.1 Å². The minimum Gasteiger partial charge on any atom is -0.311 e. The van der Waals surface area contributed by atoms with Crippen molar-refractivity contribution < 1.29 is 9.15 Å². The molecule has 0 saturated heterocycles. The molecular formula is C22H37N3+2. The van der Waals surface area contributed by atoms with Gasteiger partial charge in [0.05, 0.1) is 5.41 Å². The summed E-state index contributed by atoms with van der Waals surface area (Å²) in [5.74, 6) is 1.81. The topological polar surface area (TPSA) is 18.0 Å². The van der Waals surface area contributed by atoms with Crippen molar-refractivity contribution in [3.05, 3.63) is 30.7 Å². The Morgan fingerprint density at radius 2 is 2.00 bits per heavy atom. The van der Waals surface area contributed by atoms with E-state index in [-0.39, 0.29) is 11.0 Å². The molecule has 0 bridgehead atoms. The number of hydrogen-bond donors (Lipinski definition) is 1. The standard InChI is InChI=1S/C22H37N3/c1-7-13-22(6)14-17-25-16-12-10-9-11-15-23-21(4,5)19(3)20(25)24(8-2)18-22/h13-14,17-19,23H,1,8-12,15-16H2,2-6H3/q+2. The fourth-order valence-electron chi connectivity index (χ4n) is 3.83. The number of rotatable bonds is 2. The van der Waals surface area contributed by atoms with Crippen molar-refractivity contribution in [1.29, 1.82) is 0 Å². The van der Waals surface area contributed by atoms with E-state index < -0.39 is 0 Å². The Morgan fingerprint density at radius 3 is 2.68 bits per heavy atom. The molecule has 0 aromatic rings. The molecule has 3 nitrogen and oxygen atoms in total. The van der Waals surface area contributed by atoms with Gasteiger partial charge in [0, 0.05) is 12.0 Å². The quantitative estimate of drug-likeness (QED) is 0.594. The molecule has 2 aliphatic heterocycles. The van der Waals surface area contributed by atoms with E-state index in [0.29, 0.717) is 5.92 Å². The third-order valence-corrected chi connectivity index (χ3v) is 5.77. The van der Waals surface area contributed by atoms with Crippen molar-refractivity contribution in [3.8, 4) is 0 Å². The molecule has 0 aromatic carbocycles. The summed E-state index contributed by atoms with van der Waals surface area (Å²) in [5.41, 5.74) is 2.90. The van der Waals surface area contributed by atoms with Crippen LogP contribution in [0.5, 0.6) is 0 Å². The molecule has 3 heteroatoms. The monoisotopic (exact) mass is 343 g/mol. The lowest BCUT2D eigenvalue weighted by Gasteiger charge is -2.30. The molecule has 2 unspecified atom stereocenters. The maximum Gasteiger partial charge on any atom is 0.422 e. The van der Waals surface area contributed by atoms with Gasteiger partial charge < -0.3 is 5.32 Å². The van der Waals surface area contributed by atoms with Crippen molar-refractivity contribution in [3.63, 3.8) is 0 Å². The highest BCUT2D eigenvalue weighted by molar-refractivity contribution is 5.80. The number of amidine groups is 1. The maximum atomic E-state index is 3.81. The zero-order chi connectivity index (χ0) is 18.5. The largest absolute Gasteiger partial charge is 0.422 e. The Bertz CT molecular complexity index is 617. The van der Waals surface area contributed by atoms with E-state index in [1.165, 1.54) is 31.5 Å². The van der Waals surface area contributed by atoms with E-state index in [9.17, 15) is 0 Å². The average molecular weight is 344 g/mol. The minimum atomic E-state index is -0.147. The second-order valence-electron chi connectivity index (χ2n) is 8.28. The summed E-state index contributed by atoms with van der Waals surface area (Å²) in [6, 6.07) is 0. The first-order chi connectivity index (χ1) is 11.8. The lowest BCUT2D eigenvalue weighted by atomic mass is 9.87. The normalized spacial score (nSPS) is 30.4. The first-order valence-corrected chi connectivity index (χ1v) is 9.90. The number of hydrogen-bond acceptors (Lipinski definition) is 1. The second-order valence-corrected chi connectivity index (χ2v) is 8.28. The minimum absolute atomic E-state index is 0.0576. The van der Waals surface area contributed by atoms with Crippen LogP contribution in [0.25, 0.3) is 0 Å². The fraction of sp³-hybridized carbons (Fsp3) is 0.682. The van der Waals surface area contributed by atoms with Crippen LogP contribution in [0, 0.1) is 11.3 Å². The molecule has 0 aliphatic carbocycles. The highest BCUT2D eigenvalue weighted by atomic mass is 15.2. The molecule has 25 heavy (non-hydrogen) atoms. The Labute approximate surface area is 154 Å². The van der Waals surface area contributed by atoms with Crippen LogP contribution in [0.2, 0.25) is 0 Å². The van der Waals surface area contributed by atoms with Crippen LogP contribution in [0.3, 0.4) is 0 Å². The van der Waals surface area contributed by atoms with Crippen LogP contribution in [0.4, 0.5) is 0 Å². The Hall–Kier alpha value is -1.44. The van der Waals surface area contributed by atoms with Crippen molar-refractivity contribution in [2.24, 2.45) is 11.3 Å². The Balaban J connectivity index is 2.57. The lowest BCUT2D eigenvalue weighted by Crippen LogP contribution is -2.52. The molecule has 2 heterocycles. The van der Waals surface area contributed by atoms with E-state index >= 15 is 0 Å². The van der Waals surface area contributed by atoms with E-state index in [0.717, 1.165) is 19.6 Å². The van der Waals surface area contributed by atoms with Gasteiger partial charge >= 0.3 is 5.84 Å². The van der Waals surface area contributed by atoms with Crippen LogP contribution in [0.15, 0.2) is 30.7 Å². The van der Waals surface area contributed by atoms with Crippen molar-refractivity contribution in [2.75, 3.05) is 19.6 Å². The van der Waals surface area contributed by atoms with E-state index in [1.54, 1.807) is 0 Å². The van der Waals surface area contributed by atoms with Crippen LogP contribution >= 0.6 is 0 Å². The predicted molar refractivity (Wildman–Crippen MR) is 108 cm³/mol. The van der Waals surface area contributed by atoms with E-state index in [1.807, 2.05) is 0 Å². The van der Waals surface area contributed by atoms with Crippen LogP contribution in [0.1, 0.15) is 60.3 Å². The predicted octanol–water partition coefficient (Wildman–Crippen LogP) is 3.95. The van der Waals surface area contributed by atoms with Crippen LogP contribution < -0.4 is 5.32 Å². The highest BCUT2D eigenvalue weighted by Gasteiger charge is 2.43. The first-order valence-electron chi connectivity index (χ1n) is 9.90. The summed E-state index contributed by atoms with van der Waals surface area (Å²) in [4.78, 5) is 0. The third-order valence-electron chi connectivity index (χ3n) is 5.77. The van der Waals surface area contributed by atoms with Crippen LogP contribution in [-0.2, 0) is 0 Å². The molecule has 0 fully saturated rings. The van der Waals surface area contributed by atoms with Gasteiger partial charge in [-0.3, -0.25) is 0 Å². The Kier molecular flexibility index (Phi) is 6.59. The number of nitrogens with zero attached hydrogens (tertiary/aromatic N) is 2. The lowest BCUT2D eigenvalue weighted by molar-refractivity contribution is -0.542. The van der Waals surface area contributed by atoms with E-state index in [4.69, 9.17) is 0 Å². The zero-order valence-electron chi connectivity index (χ0n) is 16.9. The summed E-state index contributed by atoms with van der Waals surface area (Å²) < 4.78 is 4.93. The number of allylic oxidation sites excluding steroid dienone is 2. The third kappa shape index (κ3) is 4.80. The Morgan fingerprint density at radius 1 is 1.28 bits per heavy atom. The first kappa shape index (κ1) is 19.9. The van der Waals surface area contributed by atoms with Crippen molar-refractivity contribution in [2.45, 2.75) is 65.8 Å². The molecule has 0 amide bonds. The number of nitrogens with one attached hydrogen (secondary N) is 1. The molecule has 2 atom stereocenters. The van der Waals surface area contributed by atoms with Gasteiger partial charge in [-0.2, -0.15) is 0 Å². The van der Waals surface area contributed by atoms with Crippen molar-refractivity contribution in [1.82, 2.24) is 5.32 Å². The molecule has 2 rings (SSSR count). The zero-order valence-corrected chi connectivity index (χ0v) is 16.9. The summed E-state index contributed by atoms with van der Waals surface area (Å²) in [5, 5.41) is 3.81. The molecule has 0 radical (unpaired) electrons. The summed E-state index contributed by atoms with van der Waals surface area (Å²) in [6.45, 7) is 18.5. The molecule has 1 N–H and O–H groups in total. The van der Waals surface area contributed by atoms with Gasteiger partial charge in [0.25, 0.3) is 0 Å². The second kappa shape index (κ2) is 8.29. The molecule has 2 aliphatic rings. The maximum absolute atomic E-state index is 3.81. The smallest absolute Gasteiger partial charge is 0.311 e.